The van der Waals surface area contributed by atoms with Crippen molar-refractivity contribution in [2.75, 3.05) is 0 Å². The summed E-state index contributed by atoms with van der Waals surface area (Å²) in [5, 5.41) is 0. The van der Waals surface area contributed by atoms with Crippen molar-refractivity contribution in [1.29, 1.82) is 0 Å². The van der Waals surface area contributed by atoms with Crippen LogP contribution < -0.4 is 0 Å². The molecule has 3 fully saturated rings. The van der Waals surface area contributed by atoms with E-state index in [-0.39, 0.29) is 29.8 Å². The van der Waals surface area contributed by atoms with Crippen molar-refractivity contribution in [3.8, 4) is 0 Å². The first-order valence-corrected chi connectivity index (χ1v) is 8.72. The quantitative estimate of drug-likeness (QED) is 0.565. The van der Waals surface area contributed by atoms with Crippen LogP contribution in [-0.4, -0.2) is 35.7 Å². The molecule has 1 heterocycles. The van der Waals surface area contributed by atoms with Gasteiger partial charge in [0.05, 0.1) is 11.3 Å². The average Bonchev–Trinajstić information content (AvgIpc) is 3.11. The zero-order chi connectivity index (χ0) is 17.9. The molecule has 0 spiro atoms. The predicted octanol–water partition coefficient (Wildman–Crippen LogP) is 2.24. The van der Waals surface area contributed by atoms with Gasteiger partial charge in [0.15, 0.2) is 0 Å². The minimum atomic E-state index is -1.37. The number of ether oxygens (including phenoxy) is 3. The molecule has 0 aromatic heterocycles. The number of hydrogen-bond donors (Lipinski definition) is 0. The van der Waals surface area contributed by atoms with E-state index in [1.165, 1.54) is 13.8 Å². The van der Waals surface area contributed by atoms with Gasteiger partial charge in [0.1, 0.15) is 12.2 Å². The lowest BCUT2D eigenvalue weighted by atomic mass is 9.88. The summed E-state index contributed by atoms with van der Waals surface area (Å²) in [6.07, 6.45) is 1.46. The van der Waals surface area contributed by atoms with Gasteiger partial charge in [-0.25, -0.2) is 4.79 Å². The summed E-state index contributed by atoms with van der Waals surface area (Å²) in [5.41, 5.74) is -2.02. The lowest BCUT2D eigenvalue weighted by Crippen LogP contribution is -2.46. The Morgan fingerprint density at radius 3 is 2.46 bits per heavy atom. The third-order valence-electron chi connectivity index (χ3n) is 5.93. The molecular weight excluding hydrogens is 312 g/mol. The van der Waals surface area contributed by atoms with Gasteiger partial charge in [-0.2, -0.15) is 0 Å². The van der Waals surface area contributed by atoms with Crippen molar-refractivity contribution in [3.05, 3.63) is 0 Å². The minimum absolute atomic E-state index is 0.0221. The molecule has 2 aliphatic carbocycles. The van der Waals surface area contributed by atoms with E-state index in [0.717, 1.165) is 12.8 Å². The molecule has 0 amide bonds. The highest BCUT2D eigenvalue weighted by Crippen LogP contribution is 2.55. The predicted molar refractivity (Wildman–Crippen MR) is 83.7 cm³/mol. The van der Waals surface area contributed by atoms with Crippen LogP contribution in [0.3, 0.4) is 0 Å². The molecule has 3 rings (SSSR count). The summed E-state index contributed by atoms with van der Waals surface area (Å²) in [6.45, 7) is 8.54. The Kier molecular flexibility index (Phi) is 3.92. The maximum Gasteiger partial charge on any atom is 0.350 e. The lowest BCUT2D eigenvalue weighted by molar-refractivity contribution is -0.192. The molecule has 5 atom stereocenters. The highest BCUT2D eigenvalue weighted by atomic mass is 16.6. The molecule has 6 nitrogen and oxygen atoms in total. The van der Waals surface area contributed by atoms with E-state index in [2.05, 4.69) is 0 Å². The normalized spacial score (nSPS) is 34.2. The molecule has 5 unspecified atom stereocenters. The number of hydrogen-bond acceptors (Lipinski definition) is 6. The summed E-state index contributed by atoms with van der Waals surface area (Å²) in [4.78, 5) is 36.6. The molecule has 6 heteroatoms. The van der Waals surface area contributed by atoms with Gasteiger partial charge >= 0.3 is 17.9 Å². The van der Waals surface area contributed by atoms with Crippen LogP contribution in [0.2, 0.25) is 0 Å². The van der Waals surface area contributed by atoms with Crippen LogP contribution in [0.25, 0.3) is 0 Å². The van der Waals surface area contributed by atoms with E-state index in [9.17, 15) is 14.4 Å². The topological polar surface area (TPSA) is 78.9 Å². The van der Waals surface area contributed by atoms with Crippen LogP contribution >= 0.6 is 0 Å². The number of carbonyl (C=O) groups excluding carboxylic acids is 3. The van der Waals surface area contributed by atoms with Gasteiger partial charge in [-0.1, -0.05) is 6.92 Å². The monoisotopic (exact) mass is 338 g/mol. The minimum Gasteiger partial charge on any atom is -0.458 e. The van der Waals surface area contributed by atoms with Crippen molar-refractivity contribution in [1.82, 2.24) is 0 Å². The smallest absolute Gasteiger partial charge is 0.350 e. The van der Waals surface area contributed by atoms with Crippen LogP contribution in [0.4, 0.5) is 0 Å². The van der Waals surface area contributed by atoms with Gasteiger partial charge in [0, 0.05) is 11.8 Å². The first-order chi connectivity index (χ1) is 11.1. The van der Waals surface area contributed by atoms with E-state index < -0.39 is 29.1 Å². The molecule has 24 heavy (non-hydrogen) atoms. The summed E-state index contributed by atoms with van der Waals surface area (Å²) >= 11 is 0. The Balaban J connectivity index is 1.65. The Bertz CT molecular complexity index is 578. The lowest BCUT2D eigenvalue weighted by Gasteiger charge is -2.32. The van der Waals surface area contributed by atoms with Crippen molar-refractivity contribution >= 4 is 17.9 Å². The number of esters is 3. The van der Waals surface area contributed by atoms with Crippen LogP contribution in [-0.2, 0) is 28.6 Å². The molecular formula is C18H26O6. The second-order valence-corrected chi connectivity index (χ2v) is 8.41. The highest BCUT2D eigenvalue weighted by Gasteiger charge is 2.63. The summed E-state index contributed by atoms with van der Waals surface area (Å²) in [6, 6.07) is 0. The Labute approximate surface area is 142 Å². The summed E-state index contributed by atoms with van der Waals surface area (Å²) in [5.74, 6) is -0.858. The zero-order valence-electron chi connectivity index (χ0n) is 15.0. The third kappa shape index (κ3) is 2.60. The van der Waals surface area contributed by atoms with E-state index in [0.29, 0.717) is 6.42 Å². The van der Waals surface area contributed by atoms with Gasteiger partial charge < -0.3 is 14.2 Å². The van der Waals surface area contributed by atoms with Gasteiger partial charge in [0.2, 0.25) is 5.60 Å². The van der Waals surface area contributed by atoms with Gasteiger partial charge in [-0.3, -0.25) is 9.59 Å². The van der Waals surface area contributed by atoms with Crippen molar-refractivity contribution in [2.24, 2.45) is 23.2 Å². The highest BCUT2D eigenvalue weighted by molar-refractivity contribution is 5.85. The van der Waals surface area contributed by atoms with Crippen molar-refractivity contribution in [2.45, 2.75) is 71.7 Å². The molecule has 1 saturated heterocycles. The summed E-state index contributed by atoms with van der Waals surface area (Å²) < 4.78 is 16.5. The Hall–Kier alpha value is -1.59. The second kappa shape index (κ2) is 5.46. The molecule has 0 aromatic rings. The van der Waals surface area contributed by atoms with Crippen molar-refractivity contribution < 1.29 is 28.6 Å². The third-order valence-corrected chi connectivity index (χ3v) is 5.93. The molecule has 2 saturated carbocycles. The molecule has 2 bridgehead atoms. The fourth-order valence-electron chi connectivity index (χ4n) is 3.89. The number of rotatable bonds is 5. The van der Waals surface area contributed by atoms with Gasteiger partial charge in [-0.05, 0) is 47.0 Å². The zero-order valence-corrected chi connectivity index (χ0v) is 15.0. The van der Waals surface area contributed by atoms with E-state index in [4.69, 9.17) is 14.2 Å². The Morgan fingerprint density at radius 1 is 1.17 bits per heavy atom. The molecule has 0 radical (unpaired) electrons. The number of fused-ring (bicyclic) bond motifs is 1. The molecule has 134 valence electrons. The number of carbonyl (C=O) groups is 3. The maximum absolute atomic E-state index is 12.6. The SMILES string of the molecule is CCC(C)(C)C(=O)OC(C)(C)C(=O)OC1C2CC3C(=O)OC1C3C2. The first kappa shape index (κ1) is 17.2. The van der Waals surface area contributed by atoms with E-state index >= 15 is 0 Å². The van der Waals surface area contributed by atoms with E-state index in [1.54, 1.807) is 13.8 Å². The molecule has 0 aromatic carbocycles. The maximum atomic E-state index is 12.6. The van der Waals surface area contributed by atoms with Gasteiger partial charge in [0.25, 0.3) is 0 Å². The largest absolute Gasteiger partial charge is 0.458 e. The summed E-state index contributed by atoms with van der Waals surface area (Å²) in [7, 11) is 0. The van der Waals surface area contributed by atoms with Crippen LogP contribution in [0.1, 0.15) is 53.9 Å². The molecule has 3 aliphatic rings. The van der Waals surface area contributed by atoms with Crippen LogP contribution in [0, 0.1) is 23.2 Å². The standard InChI is InChI=1S/C18H26O6/c1-6-17(2,3)15(20)24-18(4,5)16(21)23-12-9-7-10-11(8-9)14(19)22-13(10)12/h9-13H,6-8H2,1-5H3. The van der Waals surface area contributed by atoms with Gasteiger partial charge in [-0.15, -0.1) is 0 Å². The fourth-order valence-corrected chi connectivity index (χ4v) is 3.89. The Morgan fingerprint density at radius 2 is 1.83 bits per heavy atom. The van der Waals surface area contributed by atoms with Crippen molar-refractivity contribution in [3.63, 3.8) is 0 Å². The molecule has 1 aliphatic heterocycles. The van der Waals surface area contributed by atoms with Crippen LogP contribution in [0.5, 0.6) is 0 Å². The first-order valence-electron chi connectivity index (χ1n) is 8.72. The van der Waals surface area contributed by atoms with E-state index in [1.807, 2.05) is 6.92 Å². The molecule has 0 N–H and O–H groups in total. The van der Waals surface area contributed by atoms with Crippen LogP contribution in [0.15, 0.2) is 0 Å². The average molecular weight is 338 g/mol. The second-order valence-electron chi connectivity index (χ2n) is 8.41. The fraction of sp³-hybridized carbons (Fsp3) is 0.833.